The van der Waals surface area contributed by atoms with Crippen molar-refractivity contribution in [3.63, 3.8) is 0 Å². The van der Waals surface area contributed by atoms with Gasteiger partial charge in [0.15, 0.2) is 0 Å². The highest BCUT2D eigenvalue weighted by atomic mass is 15.3. The molecule has 1 atom stereocenters. The molecular weight excluding hydrogens is 274 g/mol. The smallest absolute Gasteiger partial charge is 0.104 e. The number of hydrogen-bond donors (Lipinski definition) is 1. The number of rotatable bonds is 5. The van der Waals surface area contributed by atoms with Gasteiger partial charge in [0.1, 0.15) is 6.17 Å². The second-order valence-corrected chi connectivity index (χ2v) is 5.29. The van der Waals surface area contributed by atoms with Crippen LogP contribution in [0.1, 0.15) is 24.0 Å². The first-order chi connectivity index (χ1) is 10.9. The van der Waals surface area contributed by atoms with Gasteiger partial charge in [-0.15, -0.1) is 0 Å². The zero-order valence-corrected chi connectivity index (χ0v) is 12.6. The van der Waals surface area contributed by atoms with Crippen LogP contribution in [0.3, 0.4) is 0 Å². The van der Waals surface area contributed by atoms with E-state index in [0.717, 1.165) is 44.0 Å². The minimum atomic E-state index is 0.194. The SMILES string of the molecule is C(=NCCN1CCCNC1c1ccccn1)c1ccccn1. The van der Waals surface area contributed by atoms with Crippen LogP contribution in [-0.4, -0.2) is 47.3 Å². The highest BCUT2D eigenvalue weighted by Gasteiger charge is 2.23. The molecule has 22 heavy (non-hydrogen) atoms. The fourth-order valence-corrected chi connectivity index (χ4v) is 2.65. The first kappa shape index (κ1) is 14.8. The summed E-state index contributed by atoms with van der Waals surface area (Å²) in [5.74, 6) is 0. The Bertz CT molecular complexity index is 585. The number of nitrogens with one attached hydrogen (secondary N) is 1. The summed E-state index contributed by atoms with van der Waals surface area (Å²) in [6.07, 6.45) is 6.83. The minimum absolute atomic E-state index is 0.194. The normalized spacial score (nSPS) is 19.5. The summed E-state index contributed by atoms with van der Waals surface area (Å²) in [7, 11) is 0. The highest BCUT2D eigenvalue weighted by molar-refractivity contribution is 5.76. The molecule has 0 aromatic carbocycles. The van der Waals surface area contributed by atoms with Gasteiger partial charge in [-0.25, -0.2) is 0 Å². The van der Waals surface area contributed by atoms with Crippen LogP contribution in [-0.2, 0) is 0 Å². The quantitative estimate of drug-likeness (QED) is 0.856. The molecule has 3 rings (SSSR count). The monoisotopic (exact) mass is 295 g/mol. The molecule has 5 nitrogen and oxygen atoms in total. The van der Waals surface area contributed by atoms with Crippen LogP contribution in [0.4, 0.5) is 0 Å². The Kier molecular flexibility index (Phi) is 5.23. The fraction of sp³-hybridized carbons (Fsp3) is 0.353. The molecule has 0 saturated carbocycles. The van der Waals surface area contributed by atoms with Gasteiger partial charge in [0, 0.05) is 31.7 Å². The summed E-state index contributed by atoms with van der Waals surface area (Å²) < 4.78 is 0. The van der Waals surface area contributed by atoms with E-state index in [2.05, 4.69) is 31.2 Å². The molecule has 0 spiro atoms. The maximum atomic E-state index is 4.49. The van der Waals surface area contributed by atoms with Crippen LogP contribution in [0.2, 0.25) is 0 Å². The van der Waals surface area contributed by atoms with E-state index in [9.17, 15) is 0 Å². The molecule has 1 aliphatic heterocycles. The Balaban J connectivity index is 1.57. The summed E-state index contributed by atoms with van der Waals surface area (Å²) in [6.45, 7) is 3.79. The second-order valence-electron chi connectivity index (χ2n) is 5.29. The molecule has 0 aliphatic carbocycles. The number of aromatic nitrogens is 2. The first-order valence-electron chi connectivity index (χ1n) is 7.73. The molecule has 0 radical (unpaired) electrons. The number of aliphatic imine (C=N–C) groups is 1. The number of nitrogens with zero attached hydrogens (tertiary/aromatic N) is 4. The van der Waals surface area contributed by atoms with Gasteiger partial charge in [-0.1, -0.05) is 12.1 Å². The minimum Gasteiger partial charge on any atom is -0.297 e. The summed E-state index contributed by atoms with van der Waals surface area (Å²) in [6, 6.07) is 11.9. The summed E-state index contributed by atoms with van der Waals surface area (Å²) in [5, 5.41) is 3.54. The van der Waals surface area contributed by atoms with Crippen molar-refractivity contribution in [1.82, 2.24) is 20.2 Å². The molecule has 114 valence electrons. The summed E-state index contributed by atoms with van der Waals surface area (Å²) in [5.41, 5.74) is 1.98. The van der Waals surface area contributed by atoms with Crippen LogP contribution < -0.4 is 5.32 Å². The molecular formula is C17H21N5. The van der Waals surface area contributed by atoms with Crippen molar-refractivity contribution in [2.45, 2.75) is 12.6 Å². The van der Waals surface area contributed by atoms with Crippen molar-refractivity contribution in [1.29, 1.82) is 0 Å². The summed E-state index contributed by atoms with van der Waals surface area (Å²) >= 11 is 0. The predicted molar refractivity (Wildman–Crippen MR) is 87.9 cm³/mol. The Morgan fingerprint density at radius 1 is 1.18 bits per heavy atom. The van der Waals surface area contributed by atoms with Gasteiger partial charge < -0.3 is 0 Å². The zero-order chi connectivity index (χ0) is 15.0. The Morgan fingerprint density at radius 2 is 2.05 bits per heavy atom. The molecule has 1 unspecified atom stereocenters. The average Bonchev–Trinajstić information content (AvgIpc) is 2.61. The van der Waals surface area contributed by atoms with Crippen LogP contribution in [0, 0.1) is 0 Å². The highest BCUT2D eigenvalue weighted by Crippen LogP contribution is 2.18. The van der Waals surface area contributed by atoms with Gasteiger partial charge in [-0.05, 0) is 37.2 Å². The topological polar surface area (TPSA) is 53.4 Å². The number of hydrogen-bond acceptors (Lipinski definition) is 5. The molecule has 1 aliphatic rings. The molecule has 3 heterocycles. The second kappa shape index (κ2) is 7.77. The van der Waals surface area contributed by atoms with Gasteiger partial charge in [0.25, 0.3) is 0 Å². The van der Waals surface area contributed by atoms with Crippen LogP contribution in [0.15, 0.2) is 53.8 Å². The van der Waals surface area contributed by atoms with Gasteiger partial charge >= 0.3 is 0 Å². The van der Waals surface area contributed by atoms with Crippen LogP contribution >= 0.6 is 0 Å². The Labute approximate surface area is 131 Å². The van der Waals surface area contributed by atoms with Crippen molar-refractivity contribution < 1.29 is 0 Å². The lowest BCUT2D eigenvalue weighted by Crippen LogP contribution is -2.46. The van der Waals surface area contributed by atoms with E-state index in [0.29, 0.717) is 0 Å². The van der Waals surface area contributed by atoms with Crippen molar-refractivity contribution in [3.8, 4) is 0 Å². The van der Waals surface area contributed by atoms with Gasteiger partial charge in [-0.3, -0.25) is 25.2 Å². The standard InChI is InChI=1S/C17H21N5/c1-3-8-19-15(6-1)14-18-11-13-22-12-5-10-21-17(22)16-7-2-4-9-20-16/h1-4,6-9,14,17,21H,5,10-13H2. The van der Waals surface area contributed by atoms with E-state index in [-0.39, 0.29) is 6.17 Å². The molecule has 0 bridgehead atoms. The van der Waals surface area contributed by atoms with E-state index >= 15 is 0 Å². The third-order valence-electron chi connectivity index (χ3n) is 3.72. The van der Waals surface area contributed by atoms with Gasteiger partial charge in [0.05, 0.1) is 17.9 Å². The van der Waals surface area contributed by atoms with E-state index < -0.39 is 0 Å². The van der Waals surface area contributed by atoms with Crippen molar-refractivity contribution in [3.05, 3.63) is 60.2 Å². The maximum Gasteiger partial charge on any atom is 0.104 e. The van der Waals surface area contributed by atoms with E-state index in [4.69, 9.17) is 0 Å². The van der Waals surface area contributed by atoms with Crippen molar-refractivity contribution in [2.24, 2.45) is 4.99 Å². The summed E-state index contributed by atoms with van der Waals surface area (Å²) in [4.78, 5) is 15.6. The maximum absolute atomic E-state index is 4.49. The van der Waals surface area contributed by atoms with Gasteiger partial charge in [0.2, 0.25) is 0 Å². The molecule has 1 fully saturated rings. The molecule has 1 saturated heterocycles. The van der Waals surface area contributed by atoms with E-state index in [1.165, 1.54) is 0 Å². The predicted octanol–water partition coefficient (Wildman–Crippen LogP) is 1.89. The number of pyridine rings is 2. The fourth-order valence-electron chi connectivity index (χ4n) is 2.65. The van der Waals surface area contributed by atoms with Crippen LogP contribution in [0.25, 0.3) is 0 Å². The third kappa shape index (κ3) is 3.96. The van der Waals surface area contributed by atoms with Crippen molar-refractivity contribution >= 4 is 6.21 Å². The first-order valence-corrected chi connectivity index (χ1v) is 7.73. The van der Waals surface area contributed by atoms with E-state index in [1.54, 1.807) is 6.20 Å². The molecule has 0 amide bonds. The van der Waals surface area contributed by atoms with E-state index in [1.807, 2.05) is 42.7 Å². The lowest BCUT2D eigenvalue weighted by molar-refractivity contribution is 0.132. The molecule has 1 N–H and O–H groups in total. The lowest BCUT2D eigenvalue weighted by Gasteiger charge is -2.35. The van der Waals surface area contributed by atoms with Gasteiger partial charge in [-0.2, -0.15) is 0 Å². The zero-order valence-electron chi connectivity index (χ0n) is 12.6. The van der Waals surface area contributed by atoms with Crippen molar-refractivity contribution in [2.75, 3.05) is 26.2 Å². The molecule has 2 aromatic heterocycles. The Morgan fingerprint density at radius 3 is 2.82 bits per heavy atom. The lowest BCUT2D eigenvalue weighted by atomic mass is 10.2. The molecule has 5 heteroatoms. The average molecular weight is 295 g/mol. The Hall–Kier alpha value is -2.11. The third-order valence-corrected chi connectivity index (χ3v) is 3.72. The molecule has 2 aromatic rings. The largest absolute Gasteiger partial charge is 0.297 e. The van der Waals surface area contributed by atoms with Crippen LogP contribution in [0.5, 0.6) is 0 Å².